The first kappa shape index (κ1) is 12.2. The summed E-state index contributed by atoms with van der Waals surface area (Å²) in [4.78, 5) is 10.9. The van der Waals surface area contributed by atoms with E-state index in [1.165, 1.54) is 0 Å². The molecule has 0 fully saturated rings. The Morgan fingerprint density at radius 3 is 2.62 bits per heavy atom. The van der Waals surface area contributed by atoms with Crippen molar-refractivity contribution in [2.75, 3.05) is 13.2 Å². The Labute approximate surface area is 94.7 Å². The van der Waals surface area contributed by atoms with Gasteiger partial charge in [0.05, 0.1) is 18.8 Å². The summed E-state index contributed by atoms with van der Waals surface area (Å²) in [6.07, 6.45) is 3.19. The number of hydrogen-bond donors (Lipinski definition) is 1. The van der Waals surface area contributed by atoms with Crippen molar-refractivity contribution < 1.29 is 14.6 Å². The van der Waals surface area contributed by atoms with Gasteiger partial charge < -0.3 is 9.84 Å². The Morgan fingerprint density at radius 2 is 2.06 bits per heavy atom. The highest BCUT2D eigenvalue weighted by Crippen LogP contribution is 2.07. The molecule has 0 unspecified atom stereocenters. The quantitative estimate of drug-likeness (QED) is 0.453. The van der Waals surface area contributed by atoms with Gasteiger partial charge in [-0.25, -0.2) is 4.79 Å². The van der Waals surface area contributed by atoms with E-state index in [0.29, 0.717) is 6.61 Å². The van der Waals surface area contributed by atoms with E-state index in [1.54, 1.807) is 12.2 Å². The maximum atomic E-state index is 10.9. The van der Waals surface area contributed by atoms with Gasteiger partial charge in [-0.15, -0.1) is 6.58 Å². The molecule has 0 saturated heterocycles. The summed E-state index contributed by atoms with van der Waals surface area (Å²) < 4.78 is 5.11. The first-order valence-corrected chi connectivity index (χ1v) is 4.91. The molecule has 0 heterocycles. The molecular weight excluding hydrogens is 204 g/mol. The largest absolute Gasteiger partial charge is 0.478 e. The van der Waals surface area contributed by atoms with Gasteiger partial charge in [-0.2, -0.15) is 0 Å². The van der Waals surface area contributed by atoms with E-state index in [1.807, 2.05) is 30.3 Å². The van der Waals surface area contributed by atoms with Crippen LogP contribution in [0.5, 0.6) is 0 Å². The van der Waals surface area contributed by atoms with Crippen molar-refractivity contribution in [2.45, 2.75) is 0 Å². The van der Waals surface area contributed by atoms with Crippen LogP contribution in [0, 0.1) is 0 Å². The van der Waals surface area contributed by atoms with Crippen molar-refractivity contribution in [3.8, 4) is 0 Å². The monoisotopic (exact) mass is 218 g/mol. The van der Waals surface area contributed by atoms with Crippen LogP contribution < -0.4 is 0 Å². The first-order chi connectivity index (χ1) is 7.74. The second kappa shape index (κ2) is 6.58. The molecular formula is C13H14O3. The number of aliphatic carboxylic acids is 1. The average Bonchev–Trinajstić information content (AvgIpc) is 2.29. The smallest absolute Gasteiger partial charge is 0.333 e. The molecule has 1 aromatic rings. The maximum absolute atomic E-state index is 10.9. The van der Waals surface area contributed by atoms with Gasteiger partial charge in [-0.1, -0.05) is 36.4 Å². The lowest BCUT2D eigenvalue weighted by molar-refractivity contribution is -0.133. The molecule has 0 amide bonds. The van der Waals surface area contributed by atoms with E-state index in [-0.39, 0.29) is 12.2 Å². The van der Waals surface area contributed by atoms with E-state index in [4.69, 9.17) is 9.84 Å². The van der Waals surface area contributed by atoms with Gasteiger partial charge in [0.1, 0.15) is 0 Å². The van der Waals surface area contributed by atoms with Crippen molar-refractivity contribution in [1.29, 1.82) is 0 Å². The zero-order chi connectivity index (χ0) is 11.8. The van der Waals surface area contributed by atoms with E-state index in [0.717, 1.165) is 5.56 Å². The predicted octanol–water partition coefficient (Wildman–Crippen LogP) is 2.36. The zero-order valence-corrected chi connectivity index (χ0v) is 8.93. The van der Waals surface area contributed by atoms with Gasteiger partial charge in [0, 0.05) is 0 Å². The van der Waals surface area contributed by atoms with Gasteiger partial charge in [-0.05, 0) is 11.6 Å². The molecule has 0 spiro atoms. The Morgan fingerprint density at radius 1 is 1.38 bits per heavy atom. The van der Waals surface area contributed by atoms with Crippen LogP contribution in [0.3, 0.4) is 0 Å². The van der Waals surface area contributed by atoms with Crippen LogP contribution in [0.1, 0.15) is 5.56 Å². The van der Waals surface area contributed by atoms with Crippen molar-refractivity contribution in [3.63, 3.8) is 0 Å². The topological polar surface area (TPSA) is 46.5 Å². The SMILES string of the molecule is C=CCOCC(=Cc1ccccc1)C(=O)O. The normalized spacial score (nSPS) is 11.1. The highest BCUT2D eigenvalue weighted by Gasteiger charge is 2.06. The minimum Gasteiger partial charge on any atom is -0.478 e. The summed E-state index contributed by atoms with van der Waals surface area (Å²) in [5.41, 5.74) is 1.08. The highest BCUT2D eigenvalue weighted by atomic mass is 16.5. The van der Waals surface area contributed by atoms with Gasteiger partial charge in [0.2, 0.25) is 0 Å². The molecule has 1 rings (SSSR count). The third kappa shape index (κ3) is 4.11. The van der Waals surface area contributed by atoms with E-state index in [9.17, 15) is 4.79 Å². The number of ether oxygens (including phenoxy) is 1. The molecule has 3 heteroatoms. The number of carboxylic acid groups (broad SMARTS) is 1. The van der Waals surface area contributed by atoms with Gasteiger partial charge >= 0.3 is 5.97 Å². The summed E-state index contributed by atoms with van der Waals surface area (Å²) in [7, 11) is 0. The third-order valence-corrected chi connectivity index (χ3v) is 1.91. The van der Waals surface area contributed by atoms with Gasteiger partial charge in [0.15, 0.2) is 0 Å². The molecule has 0 saturated carbocycles. The number of benzene rings is 1. The summed E-state index contributed by atoms with van der Waals surface area (Å²) in [5, 5.41) is 8.96. The number of carbonyl (C=O) groups is 1. The number of carboxylic acids is 1. The lowest BCUT2D eigenvalue weighted by Gasteiger charge is -2.02. The fraction of sp³-hybridized carbons (Fsp3) is 0.154. The Kier molecular flexibility index (Phi) is 5.02. The Balaban J connectivity index is 2.73. The minimum atomic E-state index is -0.965. The molecule has 1 N–H and O–H groups in total. The van der Waals surface area contributed by atoms with Crippen molar-refractivity contribution in [1.82, 2.24) is 0 Å². The van der Waals surface area contributed by atoms with Crippen LogP contribution in [0.15, 0.2) is 48.6 Å². The van der Waals surface area contributed by atoms with E-state index < -0.39 is 5.97 Å². The van der Waals surface area contributed by atoms with E-state index in [2.05, 4.69) is 6.58 Å². The van der Waals surface area contributed by atoms with Crippen LogP contribution in [-0.2, 0) is 9.53 Å². The van der Waals surface area contributed by atoms with Gasteiger partial charge in [-0.3, -0.25) is 0 Å². The number of rotatable bonds is 6. The molecule has 0 aliphatic carbocycles. The molecule has 0 aromatic heterocycles. The van der Waals surface area contributed by atoms with Crippen LogP contribution in [0.25, 0.3) is 6.08 Å². The third-order valence-electron chi connectivity index (χ3n) is 1.91. The lowest BCUT2D eigenvalue weighted by atomic mass is 10.1. The maximum Gasteiger partial charge on any atom is 0.333 e. The highest BCUT2D eigenvalue weighted by molar-refractivity contribution is 5.92. The lowest BCUT2D eigenvalue weighted by Crippen LogP contribution is -2.08. The molecule has 0 atom stereocenters. The Hall–Kier alpha value is -1.87. The van der Waals surface area contributed by atoms with Crippen LogP contribution >= 0.6 is 0 Å². The van der Waals surface area contributed by atoms with Crippen molar-refractivity contribution in [3.05, 3.63) is 54.1 Å². The average molecular weight is 218 g/mol. The van der Waals surface area contributed by atoms with Crippen LogP contribution in [0.2, 0.25) is 0 Å². The number of hydrogen-bond acceptors (Lipinski definition) is 2. The fourth-order valence-corrected chi connectivity index (χ4v) is 1.17. The molecule has 3 nitrogen and oxygen atoms in total. The second-order valence-corrected chi connectivity index (χ2v) is 3.19. The summed E-state index contributed by atoms with van der Waals surface area (Å²) >= 11 is 0. The van der Waals surface area contributed by atoms with Crippen molar-refractivity contribution >= 4 is 12.0 Å². The zero-order valence-electron chi connectivity index (χ0n) is 8.93. The molecule has 0 aliphatic rings. The predicted molar refractivity (Wildman–Crippen MR) is 63.1 cm³/mol. The van der Waals surface area contributed by atoms with Gasteiger partial charge in [0.25, 0.3) is 0 Å². The molecule has 84 valence electrons. The fourth-order valence-electron chi connectivity index (χ4n) is 1.17. The molecule has 16 heavy (non-hydrogen) atoms. The van der Waals surface area contributed by atoms with Crippen LogP contribution in [0.4, 0.5) is 0 Å². The molecule has 0 bridgehead atoms. The second-order valence-electron chi connectivity index (χ2n) is 3.19. The molecule has 1 aromatic carbocycles. The van der Waals surface area contributed by atoms with E-state index >= 15 is 0 Å². The van der Waals surface area contributed by atoms with Crippen LogP contribution in [-0.4, -0.2) is 24.3 Å². The summed E-state index contributed by atoms with van der Waals surface area (Å²) in [5.74, 6) is -0.965. The first-order valence-electron chi connectivity index (χ1n) is 4.91. The minimum absolute atomic E-state index is 0.0796. The Bertz CT molecular complexity index is 379. The molecule has 0 radical (unpaired) electrons. The summed E-state index contributed by atoms with van der Waals surface area (Å²) in [6, 6.07) is 9.28. The van der Waals surface area contributed by atoms with Crippen molar-refractivity contribution in [2.24, 2.45) is 0 Å². The standard InChI is InChI=1S/C13H14O3/c1-2-8-16-10-12(13(14)15)9-11-6-4-3-5-7-11/h2-7,9H,1,8,10H2,(H,14,15). The molecule has 0 aliphatic heterocycles. The summed E-state index contributed by atoms with van der Waals surface area (Å²) in [6.45, 7) is 3.92.